The number of carbonyl (C=O) groups excluding carboxylic acids is 1. The van der Waals surface area contributed by atoms with Gasteiger partial charge in [0, 0.05) is 37.3 Å². The van der Waals surface area contributed by atoms with E-state index < -0.39 is 0 Å². The van der Waals surface area contributed by atoms with E-state index in [0.717, 1.165) is 24.0 Å². The molecule has 1 atom stereocenters. The molecule has 0 bridgehead atoms. The normalized spacial score (nSPS) is 16.7. The van der Waals surface area contributed by atoms with E-state index in [-0.39, 0.29) is 23.9 Å². The summed E-state index contributed by atoms with van der Waals surface area (Å²) in [4.78, 5) is 30.8. The van der Waals surface area contributed by atoms with Gasteiger partial charge in [-0.15, -0.1) is 0 Å². The Kier molecular flexibility index (Phi) is 5.50. The number of aryl methyl sites for hydroxylation is 1. The van der Waals surface area contributed by atoms with E-state index in [4.69, 9.17) is 4.52 Å². The molecule has 4 rings (SSSR count). The smallest absolute Gasteiger partial charge is 0.267 e. The van der Waals surface area contributed by atoms with Crippen LogP contribution in [0.2, 0.25) is 0 Å². The highest BCUT2D eigenvalue weighted by Crippen LogP contribution is 2.23. The van der Waals surface area contributed by atoms with Crippen LogP contribution in [0.25, 0.3) is 11.4 Å². The summed E-state index contributed by atoms with van der Waals surface area (Å²) in [7, 11) is 0. The third-order valence-electron chi connectivity index (χ3n) is 5.26. The van der Waals surface area contributed by atoms with Crippen LogP contribution in [0, 0.1) is 12.8 Å². The maximum Gasteiger partial charge on any atom is 0.267 e. The lowest BCUT2D eigenvalue weighted by Gasteiger charge is -2.32. The van der Waals surface area contributed by atoms with Crippen LogP contribution in [0.5, 0.6) is 0 Å². The Balaban J connectivity index is 1.39. The number of aromatic nitrogens is 4. The number of amides is 1. The molecular weight excluding hydrogens is 370 g/mol. The first-order valence-corrected chi connectivity index (χ1v) is 9.78. The Labute approximate surface area is 168 Å². The van der Waals surface area contributed by atoms with Gasteiger partial charge in [-0.3, -0.25) is 9.59 Å². The predicted molar refractivity (Wildman–Crippen MR) is 106 cm³/mol. The predicted octanol–water partition coefficient (Wildman–Crippen LogP) is 2.08. The van der Waals surface area contributed by atoms with E-state index in [1.165, 1.54) is 16.9 Å². The zero-order valence-electron chi connectivity index (χ0n) is 16.3. The monoisotopic (exact) mass is 393 g/mol. The van der Waals surface area contributed by atoms with Gasteiger partial charge in [0.2, 0.25) is 17.6 Å². The SMILES string of the molecule is Cc1ccccc1-c1noc(C[C@H]2CCCN(C(=O)Cn3ncccc3=O)C2)n1. The summed E-state index contributed by atoms with van der Waals surface area (Å²) in [6.07, 6.45) is 4.04. The summed E-state index contributed by atoms with van der Waals surface area (Å²) < 4.78 is 6.66. The number of hydrogen-bond acceptors (Lipinski definition) is 6. The fourth-order valence-electron chi connectivity index (χ4n) is 3.71. The molecule has 1 aromatic carbocycles. The Morgan fingerprint density at radius 1 is 1.24 bits per heavy atom. The van der Waals surface area contributed by atoms with E-state index in [2.05, 4.69) is 15.2 Å². The van der Waals surface area contributed by atoms with Gasteiger partial charge in [0.25, 0.3) is 5.56 Å². The van der Waals surface area contributed by atoms with Crippen molar-refractivity contribution in [3.8, 4) is 11.4 Å². The fourth-order valence-corrected chi connectivity index (χ4v) is 3.71. The second-order valence-corrected chi connectivity index (χ2v) is 7.40. The van der Waals surface area contributed by atoms with Crippen molar-refractivity contribution in [2.24, 2.45) is 5.92 Å². The topological polar surface area (TPSA) is 94.1 Å². The number of piperidine rings is 1. The molecule has 150 valence electrons. The van der Waals surface area contributed by atoms with Crippen LogP contribution >= 0.6 is 0 Å². The largest absolute Gasteiger partial charge is 0.341 e. The van der Waals surface area contributed by atoms with Crippen LogP contribution < -0.4 is 5.56 Å². The van der Waals surface area contributed by atoms with Gasteiger partial charge in [-0.1, -0.05) is 29.4 Å². The van der Waals surface area contributed by atoms with Gasteiger partial charge in [0.15, 0.2) is 0 Å². The summed E-state index contributed by atoms with van der Waals surface area (Å²) in [5, 5.41) is 8.08. The quantitative estimate of drug-likeness (QED) is 0.659. The molecule has 29 heavy (non-hydrogen) atoms. The van der Waals surface area contributed by atoms with Crippen molar-refractivity contribution in [3.05, 3.63) is 64.4 Å². The van der Waals surface area contributed by atoms with Crippen molar-refractivity contribution < 1.29 is 9.32 Å². The lowest BCUT2D eigenvalue weighted by atomic mass is 9.94. The van der Waals surface area contributed by atoms with Crippen molar-refractivity contribution in [1.82, 2.24) is 24.8 Å². The van der Waals surface area contributed by atoms with Crippen LogP contribution in [0.4, 0.5) is 0 Å². The fraction of sp³-hybridized carbons (Fsp3) is 0.381. The molecule has 1 amide bonds. The van der Waals surface area contributed by atoms with Crippen LogP contribution in [-0.2, 0) is 17.8 Å². The minimum atomic E-state index is -0.274. The van der Waals surface area contributed by atoms with Gasteiger partial charge in [-0.25, -0.2) is 4.68 Å². The van der Waals surface area contributed by atoms with Crippen LogP contribution in [-0.4, -0.2) is 43.8 Å². The van der Waals surface area contributed by atoms with Gasteiger partial charge < -0.3 is 9.42 Å². The van der Waals surface area contributed by atoms with Crippen LogP contribution in [0.3, 0.4) is 0 Å². The number of hydrogen-bond donors (Lipinski definition) is 0. The van der Waals surface area contributed by atoms with E-state index in [9.17, 15) is 9.59 Å². The summed E-state index contributed by atoms with van der Waals surface area (Å²) in [5.41, 5.74) is 1.78. The van der Waals surface area contributed by atoms with Crippen molar-refractivity contribution in [2.75, 3.05) is 13.1 Å². The Morgan fingerprint density at radius 2 is 2.10 bits per heavy atom. The average Bonchev–Trinajstić information content (AvgIpc) is 3.18. The van der Waals surface area contributed by atoms with Crippen LogP contribution in [0.1, 0.15) is 24.3 Å². The number of carbonyl (C=O) groups is 1. The molecule has 8 heteroatoms. The summed E-state index contributed by atoms with van der Waals surface area (Å²) in [5.74, 6) is 1.33. The zero-order chi connectivity index (χ0) is 20.2. The maximum atomic E-state index is 12.6. The standard InChI is InChI=1S/C21H23N5O3/c1-15-6-2-3-8-17(15)21-23-18(29-24-21)12-16-7-5-11-25(13-16)20(28)14-26-19(27)9-4-10-22-26/h2-4,6,8-10,16H,5,7,11-14H2,1H3/t16-/m1/s1. The first kappa shape index (κ1) is 19.0. The molecule has 0 saturated carbocycles. The Morgan fingerprint density at radius 3 is 2.93 bits per heavy atom. The molecule has 1 fully saturated rings. The number of likely N-dealkylation sites (tertiary alicyclic amines) is 1. The van der Waals surface area contributed by atoms with Crippen LogP contribution in [0.15, 0.2) is 51.9 Å². The average molecular weight is 393 g/mol. The molecular formula is C21H23N5O3. The highest BCUT2D eigenvalue weighted by atomic mass is 16.5. The zero-order valence-corrected chi connectivity index (χ0v) is 16.3. The van der Waals surface area contributed by atoms with Crippen molar-refractivity contribution in [1.29, 1.82) is 0 Å². The molecule has 8 nitrogen and oxygen atoms in total. The summed E-state index contributed by atoms with van der Waals surface area (Å²) >= 11 is 0. The number of nitrogens with zero attached hydrogens (tertiary/aromatic N) is 5. The van der Waals surface area contributed by atoms with Crippen molar-refractivity contribution in [3.63, 3.8) is 0 Å². The first-order valence-electron chi connectivity index (χ1n) is 9.78. The van der Waals surface area contributed by atoms with Crippen molar-refractivity contribution >= 4 is 5.91 Å². The van der Waals surface area contributed by atoms with Gasteiger partial charge in [-0.2, -0.15) is 10.1 Å². The van der Waals surface area contributed by atoms with Gasteiger partial charge in [-0.05, 0) is 37.3 Å². The first-order chi connectivity index (χ1) is 14.1. The molecule has 0 aliphatic carbocycles. The molecule has 3 heterocycles. The van der Waals surface area contributed by atoms with E-state index in [1.54, 1.807) is 11.0 Å². The molecule has 1 saturated heterocycles. The molecule has 1 aliphatic heterocycles. The summed E-state index contributed by atoms with van der Waals surface area (Å²) in [6.45, 7) is 3.28. The van der Waals surface area contributed by atoms with Crippen molar-refractivity contribution in [2.45, 2.75) is 32.7 Å². The minimum Gasteiger partial charge on any atom is -0.341 e. The van der Waals surface area contributed by atoms with Gasteiger partial charge in [0.05, 0.1) is 0 Å². The lowest BCUT2D eigenvalue weighted by Crippen LogP contribution is -2.43. The highest BCUT2D eigenvalue weighted by molar-refractivity contribution is 5.76. The molecule has 3 aromatic rings. The minimum absolute atomic E-state index is 0.0373. The Bertz CT molecular complexity index is 1060. The Hall–Kier alpha value is -3.29. The van der Waals surface area contributed by atoms with E-state index in [0.29, 0.717) is 31.2 Å². The molecule has 0 radical (unpaired) electrons. The highest BCUT2D eigenvalue weighted by Gasteiger charge is 2.26. The molecule has 0 unspecified atom stereocenters. The number of rotatable bonds is 5. The molecule has 0 N–H and O–H groups in total. The number of benzene rings is 1. The van der Waals surface area contributed by atoms with E-state index in [1.807, 2.05) is 31.2 Å². The second kappa shape index (κ2) is 8.38. The third kappa shape index (κ3) is 4.42. The van der Waals surface area contributed by atoms with E-state index >= 15 is 0 Å². The maximum absolute atomic E-state index is 12.6. The molecule has 0 spiro atoms. The second-order valence-electron chi connectivity index (χ2n) is 7.40. The van der Waals surface area contributed by atoms with Gasteiger partial charge >= 0.3 is 0 Å². The van der Waals surface area contributed by atoms with Gasteiger partial charge in [0.1, 0.15) is 6.54 Å². The molecule has 1 aliphatic rings. The summed E-state index contributed by atoms with van der Waals surface area (Å²) in [6, 6.07) is 10.9. The molecule has 2 aromatic heterocycles. The lowest BCUT2D eigenvalue weighted by molar-refractivity contribution is -0.134. The third-order valence-corrected chi connectivity index (χ3v) is 5.26.